The van der Waals surface area contributed by atoms with Gasteiger partial charge in [0.05, 0.1) is 11.3 Å². The van der Waals surface area contributed by atoms with Crippen LogP contribution in [0.4, 0.5) is 23.7 Å². The number of amides is 1. The maximum Gasteiger partial charge on any atom is 0.455 e. The molecule has 0 fully saturated rings. The first-order valence-electron chi connectivity index (χ1n) is 8.14. The van der Waals surface area contributed by atoms with Crippen LogP contribution in [-0.4, -0.2) is 28.5 Å². The van der Waals surface area contributed by atoms with E-state index in [0.717, 1.165) is 6.07 Å². The Labute approximate surface area is 184 Å². The molecular formula is C18H14Cl3F3N2O4. The van der Waals surface area contributed by atoms with Crippen molar-refractivity contribution >= 4 is 52.4 Å². The van der Waals surface area contributed by atoms with E-state index in [1.54, 1.807) is 30.3 Å². The van der Waals surface area contributed by atoms with Crippen molar-refractivity contribution in [2.24, 2.45) is 0 Å². The van der Waals surface area contributed by atoms with Gasteiger partial charge in [0.25, 0.3) is 5.78 Å². The molecule has 0 radical (unpaired) electrons. The van der Waals surface area contributed by atoms with Crippen LogP contribution >= 0.6 is 34.8 Å². The van der Waals surface area contributed by atoms with Crippen LogP contribution in [0.1, 0.15) is 15.9 Å². The van der Waals surface area contributed by atoms with E-state index in [1.165, 1.54) is 12.1 Å². The molecule has 1 amide bonds. The first-order chi connectivity index (χ1) is 14.0. The third kappa shape index (κ3) is 7.47. The third-order valence-electron chi connectivity index (χ3n) is 3.41. The summed E-state index contributed by atoms with van der Waals surface area (Å²) in [6, 6.07) is 12.3. The van der Waals surface area contributed by atoms with Gasteiger partial charge in [-0.1, -0.05) is 71.2 Å². The number of ether oxygens (including phenoxy) is 2. The molecule has 0 aromatic heterocycles. The van der Waals surface area contributed by atoms with Crippen molar-refractivity contribution in [1.29, 1.82) is 0 Å². The molecule has 2 rings (SSSR count). The summed E-state index contributed by atoms with van der Waals surface area (Å²) in [7, 11) is 0. The number of anilines is 1. The number of Topliss-reactive ketones (excluding diaryl/α,β-unsaturated/α-hetero) is 1. The number of benzene rings is 2. The highest BCUT2D eigenvalue weighted by atomic mass is 35.6. The van der Waals surface area contributed by atoms with Gasteiger partial charge in [0, 0.05) is 0 Å². The van der Waals surface area contributed by atoms with E-state index >= 15 is 0 Å². The van der Waals surface area contributed by atoms with Crippen LogP contribution in [-0.2, 0) is 11.3 Å². The zero-order valence-electron chi connectivity index (χ0n) is 14.9. The Kier molecular flexibility index (Phi) is 8.05. The summed E-state index contributed by atoms with van der Waals surface area (Å²) in [5, 5.41) is 0. The predicted octanol–water partition coefficient (Wildman–Crippen LogP) is 5.43. The molecule has 0 saturated carbocycles. The van der Waals surface area contributed by atoms with Crippen molar-refractivity contribution in [3.8, 4) is 5.75 Å². The fourth-order valence-corrected chi connectivity index (χ4v) is 2.33. The summed E-state index contributed by atoms with van der Waals surface area (Å²) < 4.78 is 47.5. The molecule has 0 spiro atoms. The van der Waals surface area contributed by atoms with Crippen LogP contribution in [0.3, 0.4) is 0 Å². The molecule has 0 aliphatic heterocycles. The van der Waals surface area contributed by atoms with Crippen molar-refractivity contribution in [2.45, 2.75) is 16.6 Å². The molecule has 6 nitrogen and oxygen atoms in total. The number of hydrazine groups is 1. The van der Waals surface area contributed by atoms with Gasteiger partial charge in [-0.25, -0.2) is 10.2 Å². The van der Waals surface area contributed by atoms with Crippen molar-refractivity contribution < 1.29 is 32.2 Å². The first kappa shape index (κ1) is 23.9. The molecule has 0 atom stereocenters. The molecule has 162 valence electrons. The number of hydrogen-bond donors (Lipinski definition) is 2. The molecule has 0 bridgehead atoms. The lowest BCUT2D eigenvalue weighted by Crippen LogP contribution is -2.34. The molecular weight excluding hydrogens is 472 g/mol. The number of nitrogens with one attached hydrogen (secondary N) is 2. The second kappa shape index (κ2) is 10.1. The highest BCUT2D eigenvalue weighted by Crippen LogP contribution is 2.33. The monoisotopic (exact) mass is 484 g/mol. The van der Waals surface area contributed by atoms with Gasteiger partial charge in [0.15, 0.2) is 0 Å². The Morgan fingerprint density at radius 3 is 2.23 bits per heavy atom. The maximum atomic E-state index is 13.1. The van der Waals surface area contributed by atoms with Crippen LogP contribution < -0.4 is 15.6 Å². The van der Waals surface area contributed by atoms with E-state index in [-0.39, 0.29) is 18.0 Å². The number of ketones is 1. The Bertz CT molecular complexity index is 890. The Morgan fingerprint density at radius 1 is 0.967 bits per heavy atom. The molecule has 2 aromatic carbocycles. The van der Waals surface area contributed by atoms with Crippen LogP contribution in [0.15, 0.2) is 48.5 Å². The summed E-state index contributed by atoms with van der Waals surface area (Å²) in [5.74, 6) is -2.49. The quantitative estimate of drug-likeness (QED) is 0.311. The van der Waals surface area contributed by atoms with E-state index < -0.39 is 34.0 Å². The largest absolute Gasteiger partial charge is 0.488 e. The lowest BCUT2D eigenvalue weighted by molar-refractivity contribution is -0.0886. The van der Waals surface area contributed by atoms with Gasteiger partial charge in [0.2, 0.25) is 3.79 Å². The van der Waals surface area contributed by atoms with Crippen LogP contribution in [0.5, 0.6) is 5.75 Å². The second-order valence-corrected chi connectivity index (χ2v) is 8.24. The van der Waals surface area contributed by atoms with Crippen LogP contribution in [0.25, 0.3) is 0 Å². The van der Waals surface area contributed by atoms with E-state index in [1.807, 2.05) is 5.43 Å². The molecule has 12 heteroatoms. The van der Waals surface area contributed by atoms with Gasteiger partial charge in [-0.15, -0.1) is 0 Å². The lowest BCUT2D eigenvalue weighted by atomic mass is 10.1. The predicted molar refractivity (Wildman–Crippen MR) is 106 cm³/mol. The van der Waals surface area contributed by atoms with Crippen molar-refractivity contribution in [1.82, 2.24) is 5.43 Å². The van der Waals surface area contributed by atoms with Crippen molar-refractivity contribution in [3.63, 3.8) is 0 Å². The number of alkyl halides is 6. The molecule has 2 N–H and O–H groups in total. The SMILES string of the molecule is O=C(NNc1cccc(OCc2ccccc2)c1C(=O)C(F)(F)F)OCC(Cl)(Cl)Cl. The summed E-state index contributed by atoms with van der Waals surface area (Å²) in [5.41, 5.74) is 3.63. The second-order valence-electron chi connectivity index (χ2n) is 5.72. The number of rotatable bonds is 7. The molecule has 0 heterocycles. The Hall–Kier alpha value is -2.36. The summed E-state index contributed by atoms with van der Waals surface area (Å²) in [6.45, 7) is -0.694. The zero-order chi connectivity index (χ0) is 22.4. The topological polar surface area (TPSA) is 76.7 Å². The number of halogens is 6. The fraction of sp³-hybridized carbons (Fsp3) is 0.222. The number of hydrogen-bond acceptors (Lipinski definition) is 5. The fourth-order valence-electron chi connectivity index (χ4n) is 2.17. The standard InChI is InChI=1S/C18H14Cl3F3N2O4/c19-17(20,21)10-30-16(28)26-25-12-7-4-8-13(14(12)15(27)18(22,23)24)29-9-11-5-2-1-3-6-11/h1-8,25H,9-10H2,(H,26,28). The number of carbonyl (C=O) groups excluding carboxylic acids is 2. The highest BCUT2D eigenvalue weighted by Gasteiger charge is 2.42. The summed E-state index contributed by atoms with van der Waals surface area (Å²) in [4.78, 5) is 23.6. The smallest absolute Gasteiger partial charge is 0.455 e. The van der Waals surface area contributed by atoms with Gasteiger partial charge in [-0.05, 0) is 17.7 Å². The summed E-state index contributed by atoms with van der Waals surface area (Å²) >= 11 is 16.3. The van der Waals surface area contributed by atoms with E-state index in [2.05, 4.69) is 10.2 Å². The van der Waals surface area contributed by atoms with E-state index in [4.69, 9.17) is 39.5 Å². The lowest BCUT2D eigenvalue weighted by Gasteiger charge is -2.18. The maximum absolute atomic E-state index is 13.1. The van der Waals surface area contributed by atoms with Crippen molar-refractivity contribution in [2.75, 3.05) is 12.0 Å². The normalized spacial score (nSPS) is 11.5. The Balaban J connectivity index is 2.21. The van der Waals surface area contributed by atoms with E-state index in [0.29, 0.717) is 5.56 Å². The van der Waals surface area contributed by atoms with Gasteiger partial charge < -0.3 is 9.47 Å². The van der Waals surface area contributed by atoms with Crippen LogP contribution in [0.2, 0.25) is 0 Å². The third-order valence-corrected chi connectivity index (χ3v) is 3.74. The van der Waals surface area contributed by atoms with Crippen LogP contribution in [0, 0.1) is 0 Å². The minimum Gasteiger partial charge on any atom is -0.488 e. The van der Waals surface area contributed by atoms with Gasteiger partial charge in [-0.2, -0.15) is 13.2 Å². The molecule has 0 unspecified atom stereocenters. The molecule has 30 heavy (non-hydrogen) atoms. The Morgan fingerprint density at radius 2 is 1.63 bits per heavy atom. The van der Waals surface area contributed by atoms with Gasteiger partial charge in [0.1, 0.15) is 19.0 Å². The molecule has 0 aliphatic rings. The van der Waals surface area contributed by atoms with E-state index in [9.17, 15) is 22.8 Å². The number of carbonyl (C=O) groups is 2. The molecule has 2 aromatic rings. The molecule has 0 saturated heterocycles. The zero-order valence-corrected chi connectivity index (χ0v) is 17.2. The minimum absolute atomic E-state index is 0.0822. The first-order valence-corrected chi connectivity index (χ1v) is 9.27. The average molecular weight is 486 g/mol. The highest BCUT2D eigenvalue weighted by molar-refractivity contribution is 6.67. The summed E-state index contributed by atoms with van der Waals surface area (Å²) in [6.07, 6.45) is -6.33. The van der Waals surface area contributed by atoms with Gasteiger partial charge in [-0.3, -0.25) is 10.2 Å². The average Bonchev–Trinajstić information content (AvgIpc) is 2.68. The van der Waals surface area contributed by atoms with Crippen molar-refractivity contribution in [3.05, 3.63) is 59.7 Å². The molecule has 0 aliphatic carbocycles. The minimum atomic E-state index is -5.18. The van der Waals surface area contributed by atoms with Gasteiger partial charge >= 0.3 is 12.3 Å².